The molecule has 2 nitrogen and oxygen atoms in total. The summed E-state index contributed by atoms with van der Waals surface area (Å²) in [5.74, 6) is 3.56. The van der Waals surface area contributed by atoms with Gasteiger partial charge in [0.1, 0.15) is 11.5 Å². The van der Waals surface area contributed by atoms with Crippen LogP contribution < -0.4 is 0 Å². The van der Waals surface area contributed by atoms with E-state index in [1.54, 1.807) is 0 Å². The molecule has 0 radical (unpaired) electrons. The van der Waals surface area contributed by atoms with E-state index in [9.17, 15) is 10.2 Å². The molecule has 2 N–H and O–H groups in total. The first-order chi connectivity index (χ1) is 17.6. The van der Waals surface area contributed by atoms with Crippen LogP contribution in [0.15, 0.2) is 24.3 Å². The van der Waals surface area contributed by atoms with Crippen LogP contribution in [0.5, 0.6) is 11.5 Å². The minimum atomic E-state index is 0.270. The summed E-state index contributed by atoms with van der Waals surface area (Å²) < 4.78 is 0. The van der Waals surface area contributed by atoms with Crippen molar-refractivity contribution < 1.29 is 10.2 Å². The van der Waals surface area contributed by atoms with Crippen LogP contribution >= 0.6 is 0 Å². The molecule has 0 unspecified atom stereocenters. The Kier molecular flexibility index (Phi) is 7.06. The van der Waals surface area contributed by atoms with Crippen molar-refractivity contribution in [2.24, 2.45) is 0 Å². The van der Waals surface area contributed by atoms with Crippen molar-refractivity contribution in [1.29, 1.82) is 0 Å². The molecule has 4 aliphatic rings. The first kappa shape index (κ1) is 24.4. The number of phenolic OH excluding ortho intramolecular Hbond substituents is 2. The summed E-state index contributed by atoms with van der Waals surface area (Å²) in [4.78, 5) is 0. The minimum Gasteiger partial charge on any atom is -0.507 e. The second kappa shape index (κ2) is 10.4. The van der Waals surface area contributed by atoms with Gasteiger partial charge < -0.3 is 10.2 Å². The number of benzene rings is 2. The molecule has 0 bridgehead atoms. The molecule has 0 aliphatic heterocycles. The lowest BCUT2D eigenvalue weighted by Crippen LogP contribution is -2.07. The molecular formula is C34H46O2. The first-order valence-corrected chi connectivity index (χ1v) is 15.3. The largest absolute Gasteiger partial charge is 0.507 e. The SMILES string of the molecule is CC(c1cc(C2CCCC2)c(O)c(C2CCCC2)c1)c1cc(C2CCCC2)c(O)c(C2CCCC2)c1. The Bertz CT molecular complexity index is 901. The number of aromatic hydroxyl groups is 2. The Morgan fingerprint density at radius 3 is 0.917 bits per heavy atom. The summed E-state index contributed by atoms with van der Waals surface area (Å²) in [5.41, 5.74) is 7.65. The number of phenols is 2. The van der Waals surface area contributed by atoms with Crippen molar-refractivity contribution in [3.8, 4) is 11.5 Å². The zero-order valence-corrected chi connectivity index (χ0v) is 22.4. The summed E-state index contributed by atoms with van der Waals surface area (Å²) in [6, 6.07) is 9.47. The molecule has 0 atom stereocenters. The second-order valence-corrected chi connectivity index (χ2v) is 12.7. The first-order valence-electron chi connectivity index (χ1n) is 15.3. The lowest BCUT2D eigenvalue weighted by atomic mass is 9.80. The number of rotatable bonds is 6. The molecule has 0 amide bonds. The molecule has 4 saturated carbocycles. The lowest BCUT2D eigenvalue weighted by Gasteiger charge is -2.25. The lowest BCUT2D eigenvalue weighted by molar-refractivity contribution is 0.446. The van der Waals surface area contributed by atoms with E-state index in [0.717, 1.165) is 0 Å². The van der Waals surface area contributed by atoms with Crippen molar-refractivity contribution in [3.05, 3.63) is 57.6 Å². The zero-order valence-electron chi connectivity index (χ0n) is 22.4. The van der Waals surface area contributed by atoms with Crippen LogP contribution in [-0.4, -0.2) is 10.2 Å². The fourth-order valence-corrected chi connectivity index (χ4v) is 8.29. The molecule has 0 saturated heterocycles. The average Bonchev–Trinajstić information content (AvgIpc) is 3.72. The molecular weight excluding hydrogens is 440 g/mol. The normalized spacial score (nSPS) is 22.5. The predicted molar refractivity (Wildman–Crippen MR) is 149 cm³/mol. The molecule has 0 spiro atoms. The van der Waals surface area contributed by atoms with Gasteiger partial charge in [-0.3, -0.25) is 0 Å². The van der Waals surface area contributed by atoms with Crippen LogP contribution in [0.25, 0.3) is 0 Å². The quantitative estimate of drug-likeness (QED) is 0.426. The van der Waals surface area contributed by atoms with E-state index in [1.807, 2.05) is 0 Å². The van der Waals surface area contributed by atoms with Gasteiger partial charge in [-0.15, -0.1) is 0 Å². The van der Waals surface area contributed by atoms with Crippen molar-refractivity contribution in [1.82, 2.24) is 0 Å². The van der Waals surface area contributed by atoms with Crippen LogP contribution in [0.3, 0.4) is 0 Å². The molecule has 0 aromatic heterocycles. The summed E-state index contributed by atoms with van der Waals surface area (Å²) in [7, 11) is 0. The Balaban J connectivity index is 1.43. The van der Waals surface area contributed by atoms with Gasteiger partial charge in [-0.25, -0.2) is 0 Å². The van der Waals surface area contributed by atoms with Crippen LogP contribution in [0, 0.1) is 0 Å². The molecule has 4 fully saturated rings. The fraction of sp³-hybridized carbons (Fsp3) is 0.647. The topological polar surface area (TPSA) is 40.5 Å². The van der Waals surface area contributed by atoms with Crippen molar-refractivity contribution in [2.75, 3.05) is 0 Å². The average molecular weight is 487 g/mol. The Morgan fingerprint density at radius 1 is 0.472 bits per heavy atom. The third kappa shape index (κ3) is 4.59. The van der Waals surface area contributed by atoms with Crippen molar-refractivity contribution in [3.63, 3.8) is 0 Å². The maximum absolute atomic E-state index is 11.5. The highest BCUT2D eigenvalue weighted by atomic mass is 16.3. The maximum atomic E-state index is 11.5. The highest BCUT2D eigenvalue weighted by molar-refractivity contribution is 5.53. The van der Waals surface area contributed by atoms with Crippen LogP contribution in [0.1, 0.15) is 173 Å². The van der Waals surface area contributed by atoms with Crippen LogP contribution in [-0.2, 0) is 0 Å². The fourth-order valence-electron chi connectivity index (χ4n) is 8.29. The van der Waals surface area contributed by atoms with E-state index >= 15 is 0 Å². The van der Waals surface area contributed by atoms with Crippen molar-refractivity contribution >= 4 is 0 Å². The highest BCUT2D eigenvalue weighted by Crippen LogP contribution is 2.49. The van der Waals surface area contributed by atoms with Gasteiger partial charge in [-0.05, 0) is 108 Å². The summed E-state index contributed by atoms with van der Waals surface area (Å²) >= 11 is 0. The standard InChI is InChI=1S/C34H46O2/c1-22(27-18-29(23-10-2-3-11-23)33(35)30(19-27)24-12-4-5-13-24)28-20-31(25-14-6-7-15-25)34(36)32(21-28)26-16-8-9-17-26/h18-26,35-36H,2-17H2,1H3. The van der Waals surface area contributed by atoms with Crippen LogP contribution in [0.2, 0.25) is 0 Å². The van der Waals surface area contributed by atoms with Gasteiger partial charge in [-0.1, -0.05) is 82.6 Å². The molecule has 2 heteroatoms. The van der Waals surface area contributed by atoms with Gasteiger partial charge >= 0.3 is 0 Å². The van der Waals surface area contributed by atoms with Crippen LogP contribution in [0.4, 0.5) is 0 Å². The zero-order chi connectivity index (χ0) is 24.6. The van der Waals surface area contributed by atoms with Gasteiger partial charge in [0.15, 0.2) is 0 Å². The molecule has 4 aliphatic carbocycles. The van der Waals surface area contributed by atoms with E-state index in [4.69, 9.17) is 0 Å². The monoisotopic (exact) mass is 486 g/mol. The Hall–Kier alpha value is -1.96. The molecule has 2 aromatic rings. The predicted octanol–water partition coefficient (Wildman–Crippen LogP) is 9.88. The molecule has 6 rings (SSSR count). The second-order valence-electron chi connectivity index (χ2n) is 12.7. The Morgan fingerprint density at radius 2 is 0.694 bits per heavy atom. The molecule has 2 aromatic carbocycles. The summed E-state index contributed by atoms with van der Waals surface area (Å²) in [6.45, 7) is 2.37. The molecule has 194 valence electrons. The third-order valence-corrected chi connectivity index (χ3v) is 10.6. The van der Waals surface area contributed by atoms with Crippen molar-refractivity contribution in [2.45, 2.75) is 139 Å². The van der Waals surface area contributed by atoms with E-state index in [0.29, 0.717) is 35.2 Å². The van der Waals surface area contributed by atoms with Gasteiger partial charge in [0.25, 0.3) is 0 Å². The van der Waals surface area contributed by atoms with E-state index in [-0.39, 0.29) is 5.92 Å². The Labute approximate surface area is 218 Å². The number of hydrogen-bond acceptors (Lipinski definition) is 2. The third-order valence-electron chi connectivity index (χ3n) is 10.6. The summed E-state index contributed by atoms with van der Waals surface area (Å²) in [6.07, 6.45) is 20.0. The highest BCUT2D eigenvalue weighted by Gasteiger charge is 2.30. The number of hydrogen-bond donors (Lipinski definition) is 2. The smallest absolute Gasteiger partial charge is 0.122 e. The molecule has 36 heavy (non-hydrogen) atoms. The minimum absolute atomic E-state index is 0.270. The maximum Gasteiger partial charge on any atom is 0.122 e. The van der Waals surface area contributed by atoms with Gasteiger partial charge in [0.05, 0.1) is 0 Å². The van der Waals surface area contributed by atoms with E-state index < -0.39 is 0 Å². The van der Waals surface area contributed by atoms with Gasteiger partial charge in [-0.2, -0.15) is 0 Å². The van der Waals surface area contributed by atoms with Gasteiger partial charge in [0.2, 0.25) is 0 Å². The summed E-state index contributed by atoms with van der Waals surface area (Å²) in [5, 5.41) is 22.9. The van der Waals surface area contributed by atoms with Gasteiger partial charge in [0, 0.05) is 5.92 Å². The van der Waals surface area contributed by atoms with E-state index in [2.05, 4.69) is 31.2 Å². The molecule has 0 heterocycles. The van der Waals surface area contributed by atoms with E-state index in [1.165, 1.54) is 136 Å².